The zero-order chi connectivity index (χ0) is 30.3. The van der Waals surface area contributed by atoms with Gasteiger partial charge in [-0.05, 0) is 76.1 Å². The Labute approximate surface area is 247 Å². The number of ether oxygens (including phenoxy) is 3. The average molecular weight is 637 g/mol. The van der Waals surface area contributed by atoms with Gasteiger partial charge in [-0.3, -0.25) is 9.69 Å². The highest BCUT2D eigenvalue weighted by Crippen LogP contribution is 2.28. The Balaban J connectivity index is 1.65. The SMILES string of the molecule is CC(=O)N(CCN(c1ccc(F)cc1)c1cccc(Br)c1)C(=O)OC(C)OC(=O)C1CCCN1C(=O)OC(C)(C)C. The Morgan fingerprint density at radius 3 is 2.34 bits per heavy atom. The highest BCUT2D eigenvalue weighted by molar-refractivity contribution is 9.10. The van der Waals surface area contributed by atoms with Gasteiger partial charge in [-0.1, -0.05) is 22.0 Å². The number of amides is 3. The van der Waals surface area contributed by atoms with Gasteiger partial charge in [0.25, 0.3) is 0 Å². The van der Waals surface area contributed by atoms with Crippen LogP contribution in [0.5, 0.6) is 0 Å². The van der Waals surface area contributed by atoms with Crippen LogP contribution in [-0.2, 0) is 23.8 Å². The van der Waals surface area contributed by atoms with Gasteiger partial charge in [0.15, 0.2) is 0 Å². The maximum absolute atomic E-state index is 13.6. The number of rotatable bonds is 8. The fraction of sp³-hybridized carbons (Fsp3) is 0.448. The number of benzene rings is 2. The van der Waals surface area contributed by atoms with Gasteiger partial charge in [-0.2, -0.15) is 0 Å². The fourth-order valence-corrected chi connectivity index (χ4v) is 4.66. The Morgan fingerprint density at radius 1 is 1.05 bits per heavy atom. The van der Waals surface area contributed by atoms with Crippen molar-refractivity contribution in [3.05, 3.63) is 58.8 Å². The lowest BCUT2D eigenvalue weighted by atomic mass is 10.2. The molecule has 2 aromatic rings. The van der Waals surface area contributed by atoms with Crippen molar-refractivity contribution in [1.29, 1.82) is 0 Å². The summed E-state index contributed by atoms with van der Waals surface area (Å²) in [6.07, 6.45) is -1.97. The van der Waals surface area contributed by atoms with Gasteiger partial charge in [0.2, 0.25) is 12.2 Å². The topological polar surface area (TPSA) is 106 Å². The number of hydrogen-bond donors (Lipinski definition) is 0. The van der Waals surface area contributed by atoms with E-state index in [1.165, 1.54) is 30.9 Å². The molecule has 0 aliphatic carbocycles. The summed E-state index contributed by atoms with van der Waals surface area (Å²) in [5.41, 5.74) is 0.669. The molecule has 3 rings (SSSR count). The molecule has 41 heavy (non-hydrogen) atoms. The van der Waals surface area contributed by atoms with E-state index in [4.69, 9.17) is 14.2 Å². The van der Waals surface area contributed by atoms with Crippen molar-refractivity contribution in [2.24, 2.45) is 0 Å². The lowest BCUT2D eigenvalue weighted by Crippen LogP contribution is -2.45. The number of carbonyl (C=O) groups excluding carboxylic acids is 4. The third kappa shape index (κ3) is 9.17. The molecule has 0 bridgehead atoms. The first-order valence-electron chi connectivity index (χ1n) is 13.2. The molecule has 0 N–H and O–H groups in total. The average Bonchev–Trinajstić information content (AvgIpc) is 3.36. The summed E-state index contributed by atoms with van der Waals surface area (Å²) in [6.45, 7) is 8.19. The van der Waals surface area contributed by atoms with E-state index in [2.05, 4.69) is 15.9 Å². The summed E-state index contributed by atoms with van der Waals surface area (Å²) in [4.78, 5) is 54.7. The number of carbonyl (C=O) groups is 4. The Kier molecular flexibility index (Phi) is 10.7. The molecule has 2 atom stereocenters. The summed E-state index contributed by atoms with van der Waals surface area (Å²) in [5, 5.41) is 0. The molecule has 1 saturated heterocycles. The maximum Gasteiger partial charge on any atom is 0.419 e. The van der Waals surface area contributed by atoms with E-state index < -0.39 is 47.8 Å². The van der Waals surface area contributed by atoms with Crippen LogP contribution in [0, 0.1) is 5.82 Å². The van der Waals surface area contributed by atoms with E-state index in [9.17, 15) is 23.6 Å². The minimum atomic E-state index is -1.32. The van der Waals surface area contributed by atoms with Crippen molar-refractivity contribution < 1.29 is 37.8 Å². The predicted molar refractivity (Wildman–Crippen MR) is 153 cm³/mol. The van der Waals surface area contributed by atoms with Crippen LogP contribution in [-0.4, -0.2) is 71.4 Å². The lowest BCUT2D eigenvalue weighted by Gasteiger charge is -2.29. The third-order valence-corrected chi connectivity index (χ3v) is 6.60. The van der Waals surface area contributed by atoms with Gasteiger partial charge in [-0.15, -0.1) is 0 Å². The van der Waals surface area contributed by atoms with Crippen molar-refractivity contribution in [2.75, 3.05) is 24.5 Å². The van der Waals surface area contributed by atoms with Crippen molar-refractivity contribution in [3.8, 4) is 0 Å². The molecule has 2 aromatic carbocycles. The summed E-state index contributed by atoms with van der Waals surface area (Å²) in [5.74, 6) is -1.71. The molecular formula is C29H35BrFN3O7. The van der Waals surface area contributed by atoms with Crippen molar-refractivity contribution in [3.63, 3.8) is 0 Å². The van der Waals surface area contributed by atoms with E-state index in [-0.39, 0.29) is 13.1 Å². The quantitative estimate of drug-likeness (QED) is 0.257. The zero-order valence-corrected chi connectivity index (χ0v) is 25.4. The second-order valence-corrected chi connectivity index (χ2v) is 11.4. The van der Waals surface area contributed by atoms with E-state index in [1.807, 2.05) is 29.2 Å². The second-order valence-electron chi connectivity index (χ2n) is 10.5. The molecule has 1 heterocycles. The van der Waals surface area contributed by atoms with Crippen LogP contribution in [0.4, 0.5) is 25.4 Å². The molecule has 222 valence electrons. The highest BCUT2D eigenvalue weighted by atomic mass is 79.9. The number of esters is 1. The van der Waals surface area contributed by atoms with E-state index in [0.29, 0.717) is 25.1 Å². The minimum Gasteiger partial charge on any atom is -0.444 e. The van der Waals surface area contributed by atoms with Crippen LogP contribution in [0.15, 0.2) is 53.0 Å². The molecule has 0 saturated carbocycles. The molecule has 0 aromatic heterocycles. The summed E-state index contributed by atoms with van der Waals surface area (Å²) < 4.78 is 30.4. The summed E-state index contributed by atoms with van der Waals surface area (Å²) >= 11 is 3.44. The molecule has 1 aliphatic heterocycles. The van der Waals surface area contributed by atoms with Crippen LogP contribution >= 0.6 is 15.9 Å². The smallest absolute Gasteiger partial charge is 0.419 e. The van der Waals surface area contributed by atoms with Crippen LogP contribution in [0.3, 0.4) is 0 Å². The fourth-order valence-electron chi connectivity index (χ4n) is 4.27. The summed E-state index contributed by atoms with van der Waals surface area (Å²) in [6, 6.07) is 12.3. The Hall–Kier alpha value is -3.67. The Morgan fingerprint density at radius 2 is 1.73 bits per heavy atom. The first-order chi connectivity index (χ1) is 19.2. The molecule has 12 heteroatoms. The predicted octanol–water partition coefficient (Wildman–Crippen LogP) is 6.00. The second kappa shape index (κ2) is 13.8. The standard InChI is InChI=1S/C29H35BrFN3O7/c1-19(35)32(16-17-33(23-13-11-22(31)12-14-23)24-9-6-8-21(30)18-24)27(37)40-20(2)39-26(36)25-10-7-15-34(25)28(38)41-29(3,4)5/h6,8-9,11-14,18,20,25H,7,10,15-17H2,1-5H3. The van der Waals surface area contributed by atoms with Crippen molar-refractivity contribution in [1.82, 2.24) is 9.80 Å². The molecule has 2 unspecified atom stereocenters. The van der Waals surface area contributed by atoms with Gasteiger partial charge >= 0.3 is 18.2 Å². The van der Waals surface area contributed by atoms with Gasteiger partial charge < -0.3 is 19.1 Å². The number of nitrogens with zero attached hydrogens (tertiary/aromatic N) is 3. The number of imide groups is 1. The monoisotopic (exact) mass is 635 g/mol. The largest absolute Gasteiger partial charge is 0.444 e. The highest BCUT2D eigenvalue weighted by Gasteiger charge is 2.38. The Bertz CT molecular complexity index is 1250. The number of hydrogen-bond acceptors (Lipinski definition) is 8. The van der Waals surface area contributed by atoms with E-state index >= 15 is 0 Å². The molecule has 0 radical (unpaired) electrons. The van der Waals surface area contributed by atoms with E-state index in [0.717, 1.165) is 15.1 Å². The molecule has 0 spiro atoms. The number of halogens is 2. The van der Waals surface area contributed by atoms with Crippen LogP contribution in [0.1, 0.15) is 47.5 Å². The number of anilines is 2. The first-order valence-corrected chi connectivity index (χ1v) is 14.0. The van der Waals surface area contributed by atoms with Crippen LogP contribution in [0.2, 0.25) is 0 Å². The molecular weight excluding hydrogens is 601 g/mol. The number of likely N-dealkylation sites (tertiary alicyclic amines) is 1. The minimum absolute atomic E-state index is 0.0756. The van der Waals surface area contributed by atoms with Crippen LogP contribution in [0.25, 0.3) is 0 Å². The zero-order valence-electron chi connectivity index (χ0n) is 23.8. The first kappa shape index (κ1) is 31.9. The van der Waals surface area contributed by atoms with Crippen molar-refractivity contribution >= 4 is 51.4 Å². The van der Waals surface area contributed by atoms with Gasteiger partial charge in [-0.25, -0.2) is 23.7 Å². The molecule has 1 fully saturated rings. The molecule has 10 nitrogen and oxygen atoms in total. The van der Waals surface area contributed by atoms with Crippen LogP contribution < -0.4 is 4.90 Å². The van der Waals surface area contributed by atoms with Gasteiger partial charge in [0.05, 0.1) is 0 Å². The summed E-state index contributed by atoms with van der Waals surface area (Å²) in [7, 11) is 0. The van der Waals surface area contributed by atoms with E-state index in [1.54, 1.807) is 32.9 Å². The molecule has 3 amide bonds. The van der Waals surface area contributed by atoms with Gasteiger partial charge in [0, 0.05) is 49.3 Å². The van der Waals surface area contributed by atoms with Gasteiger partial charge in [0.1, 0.15) is 17.5 Å². The maximum atomic E-state index is 13.6. The normalized spacial score (nSPS) is 15.6. The third-order valence-electron chi connectivity index (χ3n) is 6.11. The lowest BCUT2D eigenvalue weighted by molar-refractivity contribution is -0.171. The molecule has 1 aliphatic rings. The van der Waals surface area contributed by atoms with Crippen molar-refractivity contribution in [2.45, 2.75) is 65.4 Å².